The molecule has 0 aliphatic heterocycles. The molecule has 0 bridgehead atoms. The number of alkyl halides is 3. The Morgan fingerprint density at radius 1 is 1.28 bits per heavy atom. The first kappa shape index (κ1) is 19.5. The molecule has 0 radical (unpaired) electrons. The van der Waals surface area contributed by atoms with Gasteiger partial charge in [-0.1, -0.05) is 29.8 Å². The Morgan fingerprint density at radius 2 is 1.72 bits per heavy atom. The van der Waals surface area contributed by atoms with Crippen molar-refractivity contribution in [2.75, 3.05) is 25.9 Å². The third-order valence-corrected chi connectivity index (χ3v) is 8.54. The predicted octanol–water partition coefficient (Wildman–Crippen LogP) is 2.82. The molecule has 0 fully saturated rings. The topological polar surface area (TPSA) is 79.2 Å². The van der Waals surface area contributed by atoms with E-state index >= 15 is 0 Å². The number of nitrogens with zero attached hydrogens (tertiary/aromatic N) is 1. The average Bonchev–Trinajstić information content (AvgIpc) is 2.29. The minimum absolute atomic E-state index is 0.488. The van der Waals surface area contributed by atoms with Gasteiger partial charge in [-0.05, 0) is 31.9 Å². The van der Waals surface area contributed by atoms with E-state index in [1.54, 1.807) is 0 Å². The fourth-order valence-electron chi connectivity index (χ4n) is 0.756. The summed E-state index contributed by atoms with van der Waals surface area (Å²) < 4.78 is 22.3. The molecule has 2 N–H and O–H groups in total. The standard InChI is InChI=1S/C8H17Br3NO5P/c1-7(2,4-9)8(10,11)17-18(15,16-3)12(5-13)6-14/h13-14H,4-6H2,1-3H3. The van der Waals surface area contributed by atoms with E-state index < -0.39 is 30.0 Å². The van der Waals surface area contributed by atoms with Crippen molar-refractivity contribution >= 4 is 55.5 Å². The maximum Gasteiger partial charge on any atom is 0.413 e. The first-order valence-electron chi connectivity index (χ1n) is 4.87. The second-order valence-corrected chi connectivity index (χ2v) is 9.97. The average molecular weight is 478 g/mol. The molecule has 0 heterocycles. The molecule has 0 spiro atoms. The van der Waals surface area contributed by atoms with Crippen molar-refractivity contribution in [3.05, 3.63) is 0 Å². The van der Waals surface area contributed by atoms with Gasteiger partial charge in [0.2, 0.25) is 0 Å². The third kappa shape index (κ3) is 4.49. The molecule has 18 heavy (non-hydrogen) atoms. The molecule has 0 saturated heterocycles. The number of aliphatic hydroxyl groups excluding tert-OH is 2. The summed E-state index contributed by atoms with van der Waals surface area (Å²) in [5.41, 5.74) is -0.488. The van der Waals surface area contributed by atoms with Gasteiger partial charge < -0.3 is 10.2 Å². The van der Waals surface area contributed by atoms with Crippen LogP contribution in [0.3, 0.4) is 0 Å². The van der Waals surface area contributed by atoms with Crippen molar-refractivity contribution in [3.63, 3.8) is 0 Å². The van der Waals surface area contributed by atoms with Crippen LogP contribution in [0.5, 0.6) is 0 Å². The SMILES string of the molecule is COP(=O)(OC(Br)(Br)C(C)(C)CBr)N(CO)CO. The molecule has 0 amide bonds. The maximum absolute atomic E-state index is 12.4. The molecular formula is C8H17Br3NO5P. The number of halogens is 3. The molecule has 0 saturated carbocycles. The first-order valence-corrected chi connectivity index (χ1v) is 9.08. The van der Waals surface area contributed by atoms with Gasteiger partial charge >= 0.3 is 7.75 Å². The van der Waals surface area contributed by atoms with Crippen molar-refractivity contribution in [2.45, 2.75) is 17.3 Å². The highest BCUT2D eigenvalue weighted by atomic mass is 79.9. The smallest absolute Gasteiger partial charge is 0.380 e. The van der Waals surface area contributed by atoms with Gasteiger partial charge in [-0.3, -0.25) is 9.05 Å². The van der Waals surface area contributed by atoms with Crippen LogP contribution in [0, 0.1) is 5.41 Å². The molecule has 0 aliphatic carbocycles. The highest BCUT2D eigenvalue weighted by molar-refractivity contribution is 9.25. The van der Waals surface area contributed by atoms with Gasteiger partial charge in [0.1, 0.15) is 13.5 Å². The van der Waals surface area contributed by atoms with E-state index in [0.717, 1.165) is 4.67 Å². The number of hydrogen-bond acceptors (Lipinski definition) is 5. The van der Waals surface area contributed by atoms with Crippen LogP contribution >= 0.6 is 55.5 Å². The summed E-state index contributed by atoms with van der Waals surface area (Å²) in [5, 5.41) is 18.6. The van der Waals surface area contributed by atoms with Crippen LogP contribution < -0.4 is 0 Å². The number of rotatable bonds is 8. The van der Waals surface area contributed by atoms with Crippen LogP contribution in [-0.4, -0.2) is 44.2 Å². The minimum atomic E-state index is -3.82. The van der Waals surface area contributed by atoms with Crippen molar-refractivity contribution in [3.8, 4) is 0 Å². The normalized spacial score (nSPS) is 16.9. The van der Waals surface area contributed by atoms with Crippen LogP contribution in [-0.2, 0) is 13.6 Å². The number of hydrogen-bond donors (Lipinski definition) is 2. The summed E-state index contributed by atoms with van der Waals surface area (Å²) in [7, 11) is -2.65. The molecule has 0 aliphatic rings. The van der Waals surface area contributed by atoms with E-state index in [9.17, 15) is 4.57 Å². The summed E-state index contributed by atoms with van der Waals surface area (Å²) in [4.78, 5) is 0. The van der Waals surface area contributed by atoms with Crippen molar-refractivity contribution in [1.29, 1.82) is 0 Å². The molecule has 10 heteroatoms. The molecule has 1 unspecified atom stereocenters. The zero-order valence-electron chi connectivity index (χ0n) is 10.3. The summed E-state index contributed by atoms with van der Waals surface area (Å²) in [6.45, 7) is 2.39. The van der Waals surface area contributed by atoms with Crippen molar-refractivity contribution < 1.29 is 23.8 Å². The molecule has 1 atom stereocenters. The minimum Gasteiger partial charge on any atom is -0.380 e. The lowest BCUT2D eigenvalue weighted by Gasteiger charge is -2.39. The molecular weight excluding hydrogens is 461 g/mol. The van der Waals surface area contributed by atoms with Crippen molar-refractivity contribution in [2.24, 2.45) is 5.41 Å². The molecule has 0 aromatic rings. The summed E-state index contributed by atoms with van der Waals surface area (Å²) in [5.74, 6) is 0. The highest BCUT2D eigenvalue weighted by Gasteiger charge is 2.49. The van der Waals surface area contributed by atoms with E-state index in [1.807, 2.05) is 13.8 Å². The van der Waals surface area contributed by atoms with E-state index in [0.29, 0.717) is 5.33 Å². The van der Waals surface area contributed by atoms with Gasteiger partial charge in [0.05, 0.1) is 0 Å². The Hall–Kier alpha value is 1.47. The van der Waals surface area contributed by atoms with Gasteiger partial charge in [0.15, 0.2) is 3.42 Å². The van der Waals surface area contributed by atoms with Crippen molar-refractivity contribution in [1.82, 2.24) is 4.67 Å². The lowest BCUT2D eigenvalue weighted by atomic mass is 9.98. The predicted molar refractivity (Wildman–Crippen MR) is 79.9 cm³/mol. The third-order valence-electron chi connectivity index (χ3n) is 2.26. The zero-order chi connectivity index (χ0) is 14.6. The van der Waals surface area contributed by atoms with Gasteiger partial charge in [-0.25, -0.2) is 4.57 Å². The second-order valence-electron chi connectivity index (χ2n) is 4.07. The van der Waals surface area contributed by atoms with Crippen LogP contribution in [0.1, 0.15) is 13.8 Å². The van der Waals surface area contributed by atoms with E-state index in [-0.39, 0.29) is 0 Å². The Bertz CT molecular complexity index is 311. The van der Waals surface area contributed by atoms with Gasteiger partial charge in [0.25, 0.3) is 0 Å². The first-order chi connectivity index (χ1) is 8.10. The lowest BCUT2D eigenvalue weighted by molar-refractivity contribution is 0.0374. The fraction of sp³-hybridized carbons (Fsp3) is 1.00. The quantitative estimate of drug-likeness (QED) is 0.318. The zero-order valence-corrected chi connectivity index (χ0v) is 15.9. The fourth-order valence-corrected chi connectivity index (χ4v) is 4.55. The summed E-state index contributed by atoms with van der Waals surface area (Å²) in [6.07, 6.45) is 0. The molecule has 0 aromatic heterocycles. The number of aliphatic hydroxyl groups is 2. The molecule has 6 nitrogen and oxygen atoms in total. The van der Waals surface area contributed by atoms with E-state index in [4.69, 9.17) is 19.3 Å². The summed E-state index contributed by atoms with van der Waals surface area (Å²) >= 11 is 9.90. The van der Waals surface area contributed by atoms with Crippen LogP contribution in [0.25, 0.3) is 0 Å². The highest BCUT2D eigenvalue weighted by Crippen LogP contribution is 2.60. The Balaban J connectivity index is 5.20. The van der Waals surface area contributed by atoms with Gasteiger partial charge in [-0.15, -0.1) is 0 Å². The monoisotopic (exact) mass is 475 g/mol. The second kappa shape index (κ2) is 7.47. The van der Waals surface area contributed by atoms with Crippen LogP contribution in [0.15, 0.2) is 0 Å². The summed E-state index contributed by atoms with van der Waals surface area (Å²) in [6, 6.07) is 0. The Morgan fingerprint density at radius 3 is 2.00 bits per heavy atom. The van der Waals surface area contributed by atoms with E-state index in [1.165, 1.54) is 7.11 Å². The molecule has 0 aromatic carbocycles. The van der Waals surface area contributed by atoms with Crippen LogP contribution in [0.2, 0.25) is 0 Å². The Kier molecular flexibility index (Phi) is 8.08. The van der Waals surface area contributed by atoms with Crippen LogP contribution in [0.4, 0.5) is 0 Å². The van der Waals surface area contributed by atoms with Gasteiger partial charge in [-0.2, -0.15) is 4.67 Å². The Labute approximate surface area is 132 Å². The van der Waals surface area contributed by atoms with Gasteiger partial charge in [0, 0.05) is 17.9 Å². The molecule has 110 valence electrons. The lowest BCUT2D eigenvalue weighted by Crippen LogP contribution is -2.39. The maximum atomic E-state index is 12.4. The molecule has 0 rings (SSSR count). The van der Waals surface area contributed by atoms with E-state index in [2.05, 4.69) is 47.8 Å². The largest absolute Gasteiger partial charge is 0.413 e.